The highest BCUT2D eigenvalue weighted by Crippen LogP contribution is 2.47. The zero-order valence-electron chi connectivity index (χ0n) is 12.5. The van der Waals surface area contributed by atoms with Crippen LogP contribution in [0, 0.1) is 0 Å². The van der Waals surface area contributed by atoms with Gasteiger partial charge in [-0.25, -0.2) is 0 Å². The first kappa shape index (κ1) is 14.0. The smallest absolute Gasteiger partial charge is 0.184 e. The Kier molecular flexibility index (Phi) is 3.90. The molecule has 0 spiro atoms. The standard InChI is InChI=1S/C15H24N2O2/c1-15(8-9-17(2)3)10-16-13-11(15)6-7-12(18-4)14(13)19-5/h6-7,16H,8-10H2,1-5H3. The maximum absolute atomic E-state index is 5.50. The first-order valence-electron chi connectivity index (χ1n) is 6.66. The fraction of sp³-hybridized carbons (Fsp3) is 0.600. The van der Waals surface area contributed by atoms with Gasteiger partial charge in [0.25, 0.3) is 0 Å². The predicted molar refractivity (Wildman–Crippen MR) is 78.6 cm³/mol. The third-order valence-electron chi connectivity index (χ3n) is 3.96. The molecule has 1 aromatic carbocycles. The van der Waals surface area contributed by atoms with Crippen molar-refractivity contribution < 1.29 is 9.47 Å². The molecule has 0 fully saturated rings. The Balaban J connectivity index is 2.35. The van der Waals surface area contributed by atoms with Gasteiger partial charge in [0.1, 0.15) is 0 Å². The van der Waals surface area contributed by atoms with Crippen molar-refractivity contribution in [3.05, 3.63) is 17.7 Å². The molecule has 4 nitrogen and oxygen atoms in total. The number of hydrogen-bond acceptors (Lipinski definition) is 4. The number of fused-ring (bicyclic) bond motifs is 1. The van der Waals surface area contributed by atoms with Gasteiger partial charge in [-0.15, -0.1) is 0 Å². The minimum absolute atomic E-state index is 0.152. The Labute approximate surface area is 115 Å². The van der Waals surface area contributed by atoms with E-state index in [9.17, 15) is 0 Å². The van der Waals surface area contributed by atoms with Gasteiger partial charge in [-0.3, -0.25) is 0 Å². The summed E-state index contributed by atoms with van der Waals surface area (Å²) in [5.41, 5.74) is 2.56. The molecule has 0 saturated carbocycles. The number of methoxy groups -OCH3 is 2. The molecule has 1 N–H and O–H groups in total. The Bertz CT molecular complexity index is 460. The Hall–Kier alpha value is -1.42. The van der Waals surface area contributed by atoms with E-state index in [-0.39, 0.29) is 5.41 Å². The molecule has 1 unspecified atom stereocenters. The van der Waals surface area contributed by atoms with Crippen LogP contribution in [0.2, 0.25) is 0 Å². The van der Waals surface area contributed by atoms with Crippen LogP contribution in [0.4, 0.5) is 5.69 Å². The minimum atomic E-state index is 0.152. The second kappa shape index (κ2) is 5.29. The summed E-state index contributed by atoms with van der Waals surface area (Å²) < 4.78 is 10.9. The molecular formula is C15H24N2O2. The number of anilines is 1. The van der Waals surface area contributed by atoms with E-state index in [1.165, 1.54) is 5.56 Å². The Morgan fingerprint density at radius 1 is 1.26 bits per heavy atom. The molecule has 0 amide bonds. The third-order valence-corrected chi connectivity index (χ3v) is 3.96. The van der Waals surface area contributed by atoms with Crippen molar-refractivity contribution in [1.29, 1.82) is 0 Å². The van der Waals surface area contributed by atoms with Crippen LogP contribution in [0.25, 0.3) is 0 Å². The molecule has 2 rings (SSSR count). The second-order valence-corrected chi connectivity index (χ2v) is 5.69. The van der Waals surface area contributed by atoms with Gasteiger partial charge in [0, 0.05) is 12.0 Å². The molecule has 1 aliphatic heterocycles. The number of hydrogen-bond donors (Lipinski definition) is 1. The summed E-state index contributed by atoms with van der Waals surface area (Å²) in [4.78, 5) is 2.23. The monoisotopic (exact) mass is 264 g/mol. The fourth-order valence-electron chi connectivity index (χ4n) is 2.68. The molecule has 19 heavy (non-hydrogen) atoms. The van der Waals surface area contributed by atoms with Gasteiger partial charge in [-0.05, 0) is 38.7 Å². The minimum Gasteiger partial charge on any atom is -0.493 e. The maximum Gasteiger partial charge on any atom is 0.184 e. The van der Waals surface area contributed by atoms with Gasteiger partial charge < -0.3 is 19.7 Å². The van der Waals surface area contributed by atoms with Crippen LogP contribution in [0.3, 0.4) is 0 Å². The molecule has 0 aliphatic carbocycles. The SMILES string of the molecule is COc1ccc2c(c1OC)NCC2(C)CCN(C)C. The van der Waals surface area contributed by atoms with E-state index in [0.717, 1.165) is 36.7 Å². The van der Waals surface area contributed by atoms with Crippen molar-refractivity contribution >= 4 is 5.69 Å². The topological polar surface area (TPSA) is 33.7 Å². The molecule has 1 atom stereocenters. The van der Waals surface area contributed by atoms with Gasteiger partial charge in [0.15, 0.2) is 11.5 Å². The molecule has 0 bridgehead atoms. The first-order valence-corrected chi connectivity index (χ1v) is 6.66. The van der Waals surface area contributed by atoms with E-state index in [0.29, 0.717) is 0 Å². The van der Waals surface area contributed by atoms with Crippen LogP contribution in [-0.4, -0.2) is 46.3 Å². The number of nitrogens with one attached hydrogen (secondary N) is 1. The van der Waals surface area contributed by atoms with Crippen LogP contribution in [0.15, 0.2) is 12.1 Å². The zero-order chi connectivity index (χ0) is 14.0. The molecule has 1 heterocycles. The molecular weight excluding hydrogens is 240 g/mol. The van der Waals surface area contributed by atoms with E-state index in [1.54, 1.807) is 14.2 Å². The fourth-order valence-corrected chi connectivity index (χ4v) is 2.68. The van der Waals surface area contributed by atoms with Crippen LogP contribution < -0.4 is 14.8 Å². The highest BCUT2D eigenvalue weighted by atomic mass is 16.5. The maximum atomic E-state index is 5.50. The second-order valence-electron chi connectivity index (χ2n) is 5.69. The largest absolute Gasteiger partial charge is 0.493 e. The molecule has 1 aromatic rings. The lowest BCUT2D eigenvalue weighted by Gasteiger charge is -2.26. The summed E-state index contributed by atoms with van der Waals surface area (Å²) in [5, 5.41) is 3.49. The summed E-state index contributed by atoms with van der Waals surface area (Å²) in [6.45, 7) is 4.33. The van der Waals surface area contributed by atoms with E-state index in [4.69, 9.17) is 9.47 Å². The van der Waals surface area contributed by atoms with Crippen molar-refractivity contribution in [2.45, 2.75) is 18.8 Å². The Morgan fingerprint density at radius 2 is 2.00 bits per heavy atom. The normalized spacial score (nSPS) is 21.2. The van der Waals surface area contributed by atoms with Crippen molar-refractivity contribution in [3.63, 3.8) is 0 Å². The number of rotatable bonds is 5. The average molecular weight is 264 g/mol. The molecule has 106 valence electrons. The van der Waals surface area contributed by atoms with E-state index in [2.05, 4.69) is 37.3 Å². The summed E-state index contributed by atoms with van der Waals surface area (Å²) in [5.74, 6) is 1.60. The lowest BCUT2D eigenvalue weighted by Crippen LogP contribution is -2.29. The lowest BCUT2D eigenvalue weighted by molar-refractivity contribution is 0.341. The Morgan fingerprint density at radius 3 is 2.58 bits per heavy atom. The number of nitrogens with zero attached hydrogens (tertiary/aromatic N) is 1. The molecule has 0 radical (unpaired) electrons. The molecule has 0 aromatic heterocycles. The van der Waals surface area contributed by atoms with Gasteiger partial charge in [0.2, 0.25) is 0 Å². The quantitative estimate of drug-likeness (QED) is 0.885. The lowest BCUT2D eigenvalue weighted by atomic mass is 9.81. The van der Waals surface area contributed by atoms with Crippen molar-refractivity contribution in [2.75, 3.05) is 46.7 Å². The van der Waals surface area contributed by atoms with Gasteiger partial charge in [-0.1, -0.05) is 13.0 Å². The number of benzene rings is 1. The summed E-state index contributed by atoms with van der Waals surface area (Å²) in [6.07, 6.45) is 1.12. The van der Waals surface area contributed by atoms with Crippen LogP contribution in [-0.2, 0) is 5.41 Å². The summed E-state index contributed by atoms with van der Waals surface area (Å²) in [6, 6.07) is 4.16. The van der Waals surface area contributed by atoms with Gasteiger partial charge >= 0.3 is 0 Å². The van der Waals surface area contributed by atoms with Crippen molar-refractivity contribution in [3.8, 4) is 11.5 Å². The highest BCUT2D eigenvalue weighted by molar-refractivity contribution is 5.72. The summed E-state index contributed by atoms with van der Waals surface area (Å²) >= 11 is 0. The predicted octanol–water partition coefficient (Wildman–Crippen LogP) is 2.34. The summed E-state index contributed by atoms with van der Waals surface area (Å²) in [7, 11) is 7.59. The third kappa shape index (κ3) is 2.50. The van der Waals surface area contributed by atoms with Gasteiger partial charge in [0.05, 0.1) is 19.9 Å². The van der Waals surface area contributed by atoms with E-state index in [1.807, 2.05) is 6.07 Å². The van der Waals surface area contributed by atoms with E-state index >= 15 is 0 Å². The molecule has 1 aliphatic rings. The molecule has 0 saturated heterocycles. The van der Waals surface area contributed by atoms with Crippen molar-refractivity contribution in [2.24, 2.45) is 0 Å². The highest BCUT2D eigenvalue weighted by Gasteiger charge is 2.36. The average Bonchev–Trinajstić information content (AvgIpc) is 2.74. The van der Waals surface area contributed by atoms with Gasteiger partial charge in [-0.2, -0.15) is 0 Å². The van der Waals surface area contributed by atoms with Crippen LogP contribution in [0.1, 0.15) is 18.9 Å². The van der Waals surface area contributed by atoms with Crippen molar-refractivity contribution in [1.82, 2.24) is 4.90 Å². The number of ether oxygens (including phenoxy) is 2. The zero-order valence-corrected chi connectivity index (χ0v) is 12.5. The van der Waals surface area contributed by atoms with Crippen LogP contribution >= 0.6 is 0 Å². The van der Waals surface area contributed by atoms with Crippen LogP contribution in [0.5, 0.6) is 11.5 Å². The first-order chi connectivity index (χ1) is 9.01. The molecule has 4 heteroatoms. The van der Waals surface area contributed by atoms with E-state index < -0.39 is 0 Å².